The summed E-state index contributed by atoms with van der Waals surface area (Å²) in [5, 5.41) is 12.0. The highest BCUT2D eigenvalue weighted by Gasteiger charge is 2.49. The van der Waals surface area contributed by atoms with Crippen molar-refractivity contribution in [2.24, 2.45) is 10.9 Å². The fourth-order valence-electron chi connectivity index (χ4n) is 2.97. The zero-order valence-corrected chi connectivity index (χ0v) is 11.1. The average Bonchev–Trinajstić information content (AvgIpc) is 2.79. The molecule has 1 fully saturated rings. The van der Waals surface area contributed by atoms with Crippen LogP contribution in [0.2, 0.25) is 0 Å². The van der Waals surface area contributed by atoms with Crippen molar-refractivity contribution in [3.8, 4) is 6.07 Å². The van der Waals surface area contributed by atoms with Crippen LogP contribution in [-0.2, 0) is 4.79 Å². The number of nitrogens with one attached hydrogen (secondary N) is 1. The van der Waals surface area contributed by atoms with Gasteiger partial charge in [-0.05, 0) is 26.7 Å². The summed E-state index contributed by atoms with van der Waals surface area (Å²) < 4.78 is 0. The molecule has 0 radical (unpaired) electrons. The van der Waals surface area contributed by atoms with E-state index in [-0.39, 0.29) is 5.91 Å². The third-order valence-electron chi connectivity index (χ3n) is 4.02. The number of rotatable bonds is 2. The molecule has 1 unspecified atom stereocenters. The lowest BCUT2D eigenvalue weighted by molar-refractivity contribution is -0.124. The maximum Gasteiger partial charge on any atom is 0.246 e. The van der Waals surface area contributed by atoms with Crippen molar-refractivity contribution in [3.05, 3.63) is 0 Å². The maximum absolute atomic E-state index is 12.1. The van der Waals surface area contributed by atoms with E-state index in [0.29, 0.717) is 5.96 Å². The molecule has 1 spiro atoms. The normalized spacial score (nSPS) is 25.5. The largest absolute Gasteiger partial charge is 0.343 e. The molecule has 98 valence electrons. The lowest BCUT2D eigenvalue weighted by Crippen LogP contribution is -2.56. The van der Waals surface area contributed by atoms with Crippen LogP contribution in [0, 0.1) is 17.2 Å². The molecule has 5 nitrogen and oxygen atoms in total. The Morgan fingerprint density at radius 1 is 1.44 bits per heavy atom. The number of amides is 1. The summed E-state index contributed by atoms with van der Waals surface area (Å²) in [5.41, 5.74) is -0.463. The molecule has 2 aliphatic rings. The zero-order valence-electron chi connectivity index (χ0n) is 11.1. The molecule has 0 bridgehead atoms. The SMILES string of the molecule is CCN(CC)C1=NC2(CCCC2)C(C#N)C(=O)N1. The van der Waals surface area contributed by atoms with Crippen molar-refractivity contribution in [3.63, 3.8) is 0 Å². The second-order valence-electron chi connectivity index (χ2n) is 4.97. The van der Waals surface area contributed by atoms with E-state index in [1.165, 1.54) is 0 Å². The average molecular weight is 248 g/mol. The van der Waals surface area contributed by atoms with Gasteiger partial charge in [-0.25, -0.2) is 4.99 Å². The third kappa shape index (κ3) is 1.96. The molecule has 0 aromatic rings. The Balaban J connectivity index is 2.37. The minimum absolute atomic E-state index is 0.184. The van der Waals surface area contributed by atoms with E-state index in [0.717, 1.165) is 38.8 Å². The van der Waals surface area contributed by atoms with Gasteiger partial charge < -0.3 is 4.90 Å². The first-order valence-electron chi connectivity index (χ1n) is 6.72. The van der Waals surface area contributed by atoms with Crippen molar-refractivity contribution >= 4 is 11.9 Å². The molecule has 1 aliphatic carbocycles. The smallest absolute Gasteiger partial charge is 0.246 e. The van der Waals surface area contributed by atoms with Crippen LogP contribution in [-0.4, -0.2) is 35.4 Å². The monoisotopic (exact) mass is 248 g/mol. The number of hydrogen-bond acceptors (Lipinski definition) is 4. The number of carbonyl (C=O) groups excluding carboxylic acids is 1. The summed E-state index contributed by atoms with van der Waals surface area (Å²) in [6.45, 7) is 5.69. The summed E-state index contributed by atoms with van der Waals surface area (Å²) in [7, 11) is 0. The number of nitriles is 1. The first-order valence-corrected chi connectivity index (χ1v) is 6.72. The molecule has 18 heavy (non-hydrogen) atoms. The predicted molar refractivity (Wildman–Crippen MR) is 68.8 cm³/mol. The highest BCUT2D eigenvalue weighted by atomic mass is 16.2. The van der Waals surface area contributed by atoms with E-state index in [4.69, 9.17) is 4.99 Å². The molecule has 0 aromatic heterocycles. The van der Waals surface area contributed by atoms with E-state index < -0.39 is 11.5 Å². The summed E-state index contributed by atoms with van der Waals surface area (Å²) >= 11 is 0. The van der Waals surface area contributed by atoms with E-state index in [1.807, 2.05) is 18.7 Å². The van der Waals surface area contributed by atoms with Gasteiger partial charge in [0.25, 0.3) is 0 Å². The molecule has 0 aromatic carbocycles. The first kappa shape index (κ1) is 12.9. The molecule has 1 saturated carbocycles. The van der Waals surface area contributed by atoms with Gasteiger partial charge in [0.05, 0.1) is 11.6 Å². The standard InChI is InChI=1S/C13H20N4O/c1-3-17(4-2)12-15-11(18)10(9-14)13(16-12)7-5-6-8-13/h10H,3-8H2,1-2H3,(H,15,16,18). The molecule has 1 heterocycles. The van der Waals surface area contributed by atoms with Gasteiger partial charge in [-0.2, -0.15) is 5.26 Å². The molecule has 5 heteroatoms. The van der Waals surface area contributed by atoms with Gasteiger partial charge in [-0.3, -0.25) is 10.1 Å². The van der Waals surface area contributed by atoms with Crippen LogP contribution in [0.15, 0.2) is 4.99 Å². The highest BCUT2D eigenvalue weighted by molar-refractivity contribution is 6.02. The van der Waals surface area contributed by atoms with Crippen LogP contribution in [0.5, 0.6) is 0 Å². The fraction of sp³-hybridized carbons (Fsp3) is 0.769. The highest BCUT2D eigenvalue weighted by Crippen LogP contribution is 2.41. The quantitative estimate of drug-likeness (QED) is 0.800. The Bertz CT molecular complexity index is 400. The minimum atomic E-state index is -0.626. The van der Waals surface area contributed by atoms with E-state index in [2.05, 4.69) is 11.4 Å². The second kappa shape index (κ2) is 4.97. The Morgan fingerprint density at radius 3 is 2.56 bits per heavy atom. The van der Waals surface area contributed by atoms with E-state index >= 15 is 0 Å². The number of hydrogen-bond donors (Lipinski definition) is 1. The van der Waals surface area contributed by atoms with Crippen LogP contribution < -0.4 is 5.32 Å². The van der Waals surface area contributed by atoms with Crippen LogP contribution in [0.4, 0.5) is 0 Å². The molecule has 1 aliphatic heterocycles. The topological polar surface area (TPSA) is 68.5 Å². The number of nitrogens with zero attached hydrogens (tertiary/aromatic N) is 3. The summed E-state index contributed by atoms with van der Waals surface area (Å²) in [5.74, 6) is -0.158. The molecule has 1 atom stereocenters. The van der Waals surface area contributed by atoms with Crippen molar-refractivity contribution < 1.29 is 4.79 Å². The van der Waals surface area contributed by atoms with E-state index in [9.17, 15) is 10.1 Å². The van der Waals surface area contributed by atoms with Gasteiger partial charge in [0.1, 0.15) is 0 Å². The molecule has 2 rings (SSSR count). The Labute approximate surface area is 108 Å². The van der Waals surface area contributed by atoms with Crippen LogP contribution in [0.3, 0.4) is 0 Å². The molecular formula is C13H20N4O. The van der Waals surface area contributed by atoms with Gasteiger partial charge in [0.15, 0.2) is 5.92 Å². The summed E-state index contributed by atoms with van der Waals surface area (Å²) in [4.78, 5) is 18.9. The van der Waals surface area contributed by atoms with Crippen LogP contribution in [0.25, 0.3) is 0 Å². The lowest BCUT2D eigenvalue weighted by Gasteiger charge is -2.37. The lowest BCUT2D eigenvalue weighted by atomic mass is 9.82. The fourth-order valence-corrected chi connectivity index (χ4v) is 2.97. The van der Waals surface area contributed by atoms with E-state index in [1.54, 1.807) is 0 Å². The third-order valence-corrected chi connectivity index (χ3v) is 4.02. The maximum atomic E-state index is 12.1. The summed E-state index contributed by atoms with van der Waals surface area (Å²) in [6.07, 6.45) is 3.81. The molecule has 0 saturated heterocycles. The first-order chi connectivity index (χ1) is 8.66. The van der Waals surface area contributed by atoms with Gasteiger partial charge in [-0.1, -0.05) is 12.8 Å². The summed E-state index contributed by atoms with van der Waals surface area (Å²) in [6, 6.07) is 2.14. The van der Waals surface area contributed by atoms with Gasteiger partial charge in [0, 0.05) is 13.1 Å². The second-order valence-corrected chi connectivity index (χ2v) is 4.97. The number of carbonyl (C=O) groups is 1. The Morgan fingerprint density at radius 2 is 2.06 bits per heavy atom. The van der Waals surface area contributed by atoms with Gasteiger partial charge in [0.2, 0.25) is 11.9 Å². The van der Waals surface area contributed by atoms with Gasteiger partial charge in [-0.15, -0.1) is 0 Å². The molecular weight excluding hydrogens is 228 g/mol. The van der Waals surface area contributed by atoms with Crippen molar-refractivity contribution in [1.29, 1.82) is 5.26 Å². The van der Waals surface area contributed by atoms with Gasteiger partial charge >= 0.3 is 0 Å². The predicted octanol–water partition coefficient (Wildman–Crippen LogP) is 1.27. The van der Waals surface area contributed by atoms with Crippen LogP contribution in [0.1, 0.15) is 39.5 Å². The molecule has 1 N–H and O–H groups in total. The number of aliphatic imine (C=N–C) groups is 1. The Kier molecular flexibility index (Phi) is 3.55. The van der Waals surface area contributed by atoms with Crippen LogP contribution >= 0.6 is 0 Å². The number of guanidine groups is 1. The Hall–Kier alpha value is -1.57. The minimum Gasteiger partial charge on any atom is -0.343 e. The molecule has 1 amide bonds. The van der Waals surface area contributed by atoms with Crippen molar-refractivity contribution in [2.45, 2.75) is 45.1 Å². The van der Waals surface area contributed by atoms with Crippen molar-refractivity contribution in [2.75, 3.05) is 13.1 Å². The zero-order chi connectivity index (χ0) is 13.2. The van der Waals surface area contributed by atoms with Crippen molar-refractivity contribution in [1.82, 2.24) is 10.2 Å².